The number of aromatic nitrogens is 1. The average molecular weight is 215 g/mol. The monoisotopic (exact) mass is 215 g/mol. The van der Waals surface area contributed by atoms with Crippen LogP contribution in [0.5, 0.6) is 0 Å². The lowest BCUT2D eigenvalue weighted by Crippen LogP contribution is -2.14. The van der Waals surface area contributed by atoms with Crippen LogP contribution in [-0.4, -0.2) is 25.0 Å². The van der Waals surface area contributed by atoms with Crippen molar-refractivity contribution in [3.8, 4) is 0 Å². The van der Waals surface area contributed by atoms with Gasteiger partial charge in [-0.1, -0.05) is 0 Å². The summed E-state index contributed by atoms with van der Waals surface area (Å²) in [7, 11) is -2.94. The topological polar surface area (TPSA) is 56.1 Å². The molecule has 5 heteroatoms. The van der Waals surface area contributed by atoms with E-state index in [4.69, 9.17) is 0 Å². The van der Waals surface area contributed by atoms with Gasteiger partial charge in [0.2, 0.25) is 0 Å². The summed E-state index contributed by atoms with van der Waals surface area (Å²) < 4.78 is 23.5. The number of hydrogen-bond donors (Lipinski definition) is 0. The van der Waals surface area contributed by atoms with Crippen LogP contribution in [0.2, 0.25) is 0 Å². The van der Waals surface area contributed by atoms with Gasteiger partial charge in [-0.25, -0.2) is 8.42 Å². The minimum atomic E-state index is -2.94. The summed E-state index contributed by atoms with van der Waals surface area (Å²) in [6.07, 6.45) is 4.45. The summed E-state index contributed by atoms with van der Waals surface area (Å²) in [5, 5.41) is 0. The van der Waals surface area contributed by atoms with E-state index in [1.54, 1.807) is 23.9 Å². The van der Waals surface area contributed by atoms with Crippen LogP contribution in [-0.2, 0) is 16.4 Å². The summed E-state index contributed by atoms with van der Waals surface area (Å²) in [4.78, 5) is 11.0. The van der Waals surface area contributed by atoms with E-state index in [-0.39, 0.29) is 11.2 Å². The third-order valence-electron chi connectivity index (χ3n) is 1.89. The van der Waals surface area contributed by atoms with E-state index in [2.05, 4.69) is 0 Å². The molecule has 0 aromatic carbocycles. The highest BCUT2D eigenvalue weighted by Gasteiger charge is 2.02. The van der Waals surface area contributed by atoms with E-state index in [0.717, 1.165) is 0 Å². The van der Waals surface area contributed by atoms with Gasteiger partial charge in [0.05, 0.1) is 5.75 Å². The molecule has 0 saturated heterocycles. The van der Waals surface area contributed by atoms with Gasteiger partial charge in [0.25, 0.3) is 0 Å². The van der Waals surface area contributed by atoms with Gasteiger partial charge in [0.1, 0.15) is 9.84 Å². The van der Waals surface area contributed by atoms with Crippen LogP contribution in [0.4, 0.5) is 0 Å². The molecular weight excluding hydrogens is 202 g/mol. The quantitative estimate of drug-likeness (QED) is 0.724. The average Bonchev–Trinajstić information content (AvgIpc) is 2.06. The van der Waals surface area contributed by atoms with Crippen LogP contribution in [0.25, 0.3) is 0 Å². The highest BCUT2D eigenvalue weighted by Crippen LogP contribution is 1.93. The van der Waals surface area contributed by atoms with Crippen molar-refractivity contribution in [3.05, 3.63) is 34.2 Å². The third kappa shape index (κ3) is 3.33. The van der Waals surface area contributed by atoms with Crippen LogP contribution in [0.15, 0.2) is 23.3 Å². The van der Waals surface area contributed by atoms with Crippen molar-refractivity contribution in [2.75, 3.05) is 12.0 Å². The van der Waals surface area contributed by atoms with Gasteiger partial charge < -0.3 is 4.57 Å². The Bertz CT molecular complexity index is 473. The fraction of sp³-hybridized carbons (Fsp3) is 0.444. The molecule has 0 radical (unpaired) electrons. The van der Waals surface area contributed by atoms with E-state index in [1.807, 2.05) is 0 Å². The Hall–Kier alpha value is -1.10. The van der Waals surface area contributed by atoms with Crippen LogP contribution in [0.1, 0.15) is 5.56 Å². The van der Waals surface area contributed by atoms with Crippen molar-refractivity contribution < 1.29 is 8.42 Å². The Labute approximate surface area is 83.1 Å². The third-order valence-corrected chi connectivity index (χ3v) is 2.81. The number of aryl methyl sites for hydroxylation is 2. The van der Waals surface area contributed by atoms with Crippen molar-refractivity contribution >= 4 is 9.84 Å². The molecule has 0 aliphatic rings. The Morgan fingerprint density at radius 1 is 1.43 bits per heavy atom. The number of sulfone groups is 1. The molecule has 1 heterocycles. The van der Waals surface area contributed by atoms with Gasteiger partial charge in [0, 0.05) is 36.8 Å². The van der Waals surface area contributed by atoms with Crippen molar-refractivity contribution in [2.45, 2.75) is 13.5 Å². The minimum absolute atomic E-state index is 0.0272. The predicted molar refractivity (Wildman–Crippen MR) is 55.1 cm³/mol. The first kappa shape index (κ1) is 11.0. The molecule has 0 amide bonds. The minimum Gasteiger partial charge on any atom is -0.353 e. The first-order valence-corrected chi connectivity index (χ1v) is 6.29. The van der Waals surface area contributed by atoms with Gasteiger partial charge in [-0.05, 0) is 6.92 Å². The lowest BCUT2D eigenvalue weighted by Gasteiger charge is -2.05. The molecule has 0 N–H and O–H groups in total. The zero-order valence-electron chi connectivity index (χ0n) is 8.23. The van der Waals surface area contributed by atoms with Gasteiger partial charge in [-0.15, -0.1) is 0 Å². The molecule has 0 unspecified atom stereocenters. The van der Waals surface area contributed by atoms with Gasteiger partial charge in [-0.2, -0.15) is 0 Å². The molecule has 14 heavy (non-hydrogen) atoms. The number of pyridine rings is 1. The van der Waals surface area contributed by atoms with Crippen LogP contribution in [0, 0.1) is 6.92 Å². The Morgan fingerprint density at radius 2 is 2.07 bits per heavy atom. The first-order chi connectivity index (χ1) is 6.38. The molecule has 0 saturated carbocycles. The second-order valence-corrected chi connectivity index (χ2v) is 5.62. The maximum atomic E-state index is 11.0. The van der Waals surface area contributed by atoms with Crippen LogP contribution in [0.3, 0.4) is 0 Å². The summed E-state index contributed by atoms with van der Waals surface area (Å²) in [6.45, 7) is 2.10. The molecule has 1 aromatic rings. The fourth-order valence-corrected chi connectivity index (χ4v) is 1.60. The molecule has 0 aliphatic carbocycles. The fourth-order valence-electron chi connectivity index (χ4n) is 1.06. The summed E-state index contributed by atoms with van der Waals surface area (Å²) in [6, 6.07) is 1.44. The molecule has 1 aromatic heterocycles. The van der Waals surface area contributed by atoms with E-state index < -0.39 is 9.84 Å². The number of hydrogen-bond acceptors (Lipinski definition) is 3. The Balaban J connectivity index is 2.79. The zero-order valence-corrected chi connectivity index (χ0v) is 9.04. The Kier molecular flexibility index (Phi) is 3.10. The highest BCUT2D eigenvalue weighted by molar-refractivity contribution is 7.90. The number of nitrogens with zero attached hydrogens (tertiary/aromatic N) is 1. The lowest BCUT2D eigenvalue weighted by molar-refractivity contribution is 0.594. The lowest BCUT2D eigenvalue weighted by atomic mass is 10.3. The SMILES string of the molecule is Cc1cn(CCS(C)(=O)=O)ccc1=O. The predicted octanol–water partition coefficient (Wildman–Crippen LogP) is 0.201. The Morgan fingerprint density at radius 3 is 2.57 bits per heavy atom. The normalized spacial score (nSPS) is 11.6. The van der Waals surface area contributed by atoms with Gasteiger partial charge >= 0.3 is 0 Å². The smallest absolute Gasteiger partial charge is 0.184 e. The second-order valence-electron chi connectivity index (χ2n) is 3.36. The molecular formula is C9H13NO3S. The van der Waals surface area contributed by atoms with Crippen LogP contribution >= 0.6 is 0 Å². The molecule has 4 nitrogen and oxygen atoms in total. The van der Waals surface area contributed by atoms with E-state index in [0.29, 0.717) is 12.1 Å². The summed E-state index contributed by atoms with van der Waals surface area (Å²) in [5.74, 6) is 0.0926. The molecule has 0 spiro atoms. The number of rotatable bonds is 3. The van der Waals surface area contributed by atoms with E-state index >= 15 is 0 Å². The van der Waals surface area contributed by atoms with Crippen molar-refractivity contribution in [2.24, 2.45) is 0 Å². The summed E-state index contributed by atoms with van der Waals surface area (Å²) >= 11 is 0. The second kappa shape index (κ2) is 3.96. The largest absolute Gasteiger partial charge is 0.353 e. The van der Waals surface area contributed by atoms with Crippen molar-refractivity contribution in [1.82, 2.24) is 4.57 Å². The van der Waals surface area contributed by atoms with Gasteiger partial charge in [-0.3, -0.25) is 4.79 Å². The van der Waals surface area contributed by atoms with Crippen molar-refractivity contribution in [3.63, 3.8) is 0 Å². The van der Waals surface area contributed by atoms with E-state index in [9.17, 15) is 13.2 Å². The summed E-state index contributed by atoms with van der Waals surface area (Å²) in [5.41, 5.74) is 0.599. The van der Waals surface area contributed by atoms with E-state index in [1.165, 1.54) is 12.3 Å². The zero-order chi connectivity index (χ0) is 10.8. The molecule has 0 fully saturated rings. The standard InChI is InChI=1S/C9H13NO3S/c1-8-7-10(4-3-9(8)11)5-6-14(2,12)13/h3-4,7H,5-6H2,1-2H3. The maximum Gasteiger partial charge on any atom is 0.184 e. The van der Waals surface area contributed by atoms with Crippen molar-refractivity contribution in [1.29, 1.82) is 0 Å². The molecule has 0 aliphatic heterocycles. The molecule has 0 bridgehead atoms. The maximum absolute atomic E-state index is 11.0. The first-order valence-electron chi connectivity index (χ1n) is 4.23. The van der Waals surface area contributed by atoms with Crippen LogP contribution < -0.4 is 5.43 Å². The molecule has 78 valence electrons. The molecule has 1 rings (SSSR count). The molecule has 0 atom stereocenters. The van der Waals surface area contributed by atoms with Gasteiger partial charge in [0.15, 0.2) is 5.43 Å². The highest BCUT2D eigenvalue weighted by atomic mass is 32.2.